The highest BCUT2D eigenvalue weighted by molar-refractivity contribution is 5.87. The normalized spacial score (nSPS) is 25.2. The molecular formula is C16H20N4O. The number of aromatic amines is 1. The molecule has 5 heteroatoms. The number of nitrogens with one attached hydrogen (secondary N) is 2. The Balaban J connectivity index is 1.50. The predicted molar refractivity (Wildman–Crippen MR) is 80.9 cm³/mol. The van der Waals surface area contributed by atoms with Gasteiger partial charge in [-0.25, -0.2) is 0 Å². The molecule has 110 valence electrons. The lowest BCUT2D eigenvalue weighted by Crippen LogP contribution is -2.39. The first-order chi connectivity index (χ1) is 10.3. The number of amides is 1. The minimum Gasteiger partial charge on any atom is -0.341 e. The maximum absolute atomic E-state index is 12.6. The SMILES string of the molecule is O=C(Cc1[nH]nc2ccccc12)N1CCC2CCC(C1)N2. The fourth-order valence-corrected chi connectivity index (χ4v) is 3.58. The van der Waals surface area contributed by atoms with Gasteiger partial charge in [-0.2, -0.15) is 5.10 Å². The van der Waals surface area contributed by atoms with Crippen LogP contribution in [0.4, 0.5) is 0 Å². The number of H-pyrrole nitrogens is 1. The molecule has 2 saturated heterocycles. The summed E-state index contributed by atoms with van der Waals surface area (Å²) in [6.07, 6.45) is 3.95. The van der Waals surface area contributed by atoms with Gasteiger partial charge in [0.05, 0.1) is 17.6 Å². The molecule has 2 bridgehead atoms. The molecule has 0 spiro atoms. The van der Waals surface area contributed by atoms with Gasteiger partial charge in [0.25, 0.3) is 0 Å². The van der Waals surface area contributed by atoms with Crippen LogP contribution in [0.25, 0.3) is 10.9 Å². The first kappa shape index (κ1) is 12.8. The Bertz CT molecular complexity index is 665. The second-order valence-corrected chi connectivity index (χ2v) is 6.16. The molecule has 2 unspecified atom stereocenters. The van der Waals surface area contributed by atoms with E-state index in [1.165, 1.54) is 12.8 Å². The molecule has 2 fully saturated rings. The summed E-state index contributed by atoms with van der Waals surface area (Å²) in [5.74, 6) is 0.207. The van der Waals surface area contributed by atoms with Gasteiger partial charge in [-0.05, 0) is 25.3 Å². The highest BCUT2D eigenvalue weighted by atomic mass is 16.2. The van der Waals surface area contributed by atoms with E-state index in [1.807, 2.05) is 29.2 Å². The first-order valence-corrected chi connectivity index (χ1v) is 7.75. The maximum atomic E-state index is 12.6. The number of fused-ring (bicyclic) bond motifs is 3. The Morgan fingerprint density at radius 1 is 1.24 bits per heavy atom. The molecular weight excluding hydrogens is 264 g/mol. The molecule has 21 heavy (non-hydrogen) atoms. The van der Waals surface area contributed by atoms with Crippen LogP contribution in [0.1, 0.15) is 25.0 Å². The molecule has 2 aliphatic heterocycles. The Labute approximate surface area is 123 Å². The summed E-state index contributed by atoms with van der Waals surface area (Å²) in [5, 5.41) is 12.0. The number of para-hydroxylation sites is 1. The van der Waals surface area contributed by atoms with Crippen LogP contribution >= 0.6 is 0 Å². The smallest absolute Gasteiger partial charge is 0.228 e. The summed E-state index contributed by atoms with van der Waals surface area (Å²) in [6, 6.07) is 9.04. The number of rotatable bonds is 2. The monoisotopic (exact) mass is 284 g/mol. The minimum absolute atomic E-state index is 0.207. The minimum atomic E-state index is 0.207. The molecule has 0 radical (unpaired) electrons. The van der Waals surface area contributed by atoms with Crippen LogP contribution in [0, 0.1) is 0 Å². The molecule has 2 N–H and O–H groups in total. The van der Waals surface area contributed by atoms with E-state index in [2.05, 4.69) is 15.5 Å². The fourth-order valence-electron chi connectivity index (χ4n) is 3.58. The predicted octanol–water partition coefficient (Wildman–Crippen LogP) is 1.46. The van der Waals surface area contributed by atoms with Gasteiger partial charge in [0.1, 0.15) is 0 Å². The van der Waals surface area contributed by atoms with Gasteiger partial charge in [-0.15, -0.1) is 0 Å². The summed E-state index contributed by atoms with van der Waals surface area (Å²) < 4.78 is 0. The van der Waals surface area contributed by atoms with E-state index >= 15 is 0 Å². The molecule has 0 saturated carbocycles. The number of hydrogen-bond acceptors (Lipinski definition) is 3. The number of carbonyl (C=O) groups is 1. The van der Waals surface area contributed by atoms with E-state index in [0.29, 0.717) is 18.5 Å². The second-order valence-electron chi connectivity index (χ2n) is 6.16. The van der Waals surface area contributed by atoms with E-state index < -0.39 is 0 Å². The molecule has 4 rings (SSSR count). The average Bonchev–Trinajstić information content (AvgIpc) is 3.03. The molecule has 2 aliphatic rings. The summed E-state index contributed by atoms with van der Waals surface area (Å²) in [7, 11) is 0. The topological polar surface area (TPSA) is 61.0 Å². The van der Waals surface area contributed by atoms with Crippen molar-refractivity contribution in [3.8, 4) is 0 Å². The van der Waals surface area contributed by atoms with Crippen LogP contribution < -0.4 is 5.32 Å². The van der Waals surface area contributed by atoms with Gasteiger partial charge in [0.15, 0.2) is 0 Å². The second kappa shape index (κ2) is 5.15. The van der Waals surface area contributed by atoms with E-state index in [-0.39, 0.29) is 5.91 Å². The first-order valence-electron chi connectivity index (χ1n) is 7.75. The molecule has 5 nitrogen and oxygen atoms in total. The van der Waals surface area contributed by atoms with Crippen molar-refractivity contribution in [3.05, 3.63) is 30.0 Å². The van der Waals surface area contributed by atoms with Crippen molar-refractivity contribution in [1.82, 2.24) is 20.4 Å². The largest absolute Gasteiger partial charge is 0.341 e. The summed E-state index contributed by atoms with van der Waals surface area (Å²) in [4.78, 5) is 14.6. The number of hydrogen-bond donors (Lipinski definition) is 2. The zero-order valence-corrected chi connectivity index (χ0v) is 12.0. The third kappa shape index (κ3) is 2.42. The molecule has 1 amide bonds. The zero-order chi connectivity index (χ0) is 14.2. The molecule has 2 atom stereocenters. The number of benzene rings is 1. The molecule has 2 aromatic rings. The average molecular weight is 284 g/mol. The van der Waals surface area contributed by atoms with Crippen molar-refractivity contribution < 1.29 is 4.79 Å². The van der Waals surface area contributed by atoms with E-state index in [9.17, 15) is 4.79 Å². The third-order valence-electron chi connectivity index (χ3n) is 4.74. The maximum Gasteiger partial charge on any atom is 0.228 e. The molecule has 3 heterocycles. The van der Waals surface area contributed by atoms with Crippen LogP contribution in [-0.4, -0.2) is 46.2 Å². The van der Waals surface area contributed by atoms with E-state index in [1.54, 1.807) is 0 Å². The lowest BCUT2D eigenvalue weighted by Gasteiger charge is -2.24. The summed E-state index contributed by atoms with van der Waals surface area (Å²) >= 11 is 0. The summed E-state index contributed by atoms with van der Waals surface area (Å²) in [5.41, 5.74) is 1.86. The Hall–Kier alpha value is -1.88. The van der Waals surface area contributed by atoms with Gasteiger partial charge in [0, 0.05) is 30.6 Å². The van der Waals surface area contributed by atoms with Crippen molar-refractivity contribution >= 4 is 16.8 Å². The Kier molecular flexibility index (Phi) is 3.15. The number of nitrogens with zero attached hydrogens (tertiary/aromatic N) is 2. The van der Waals surface area contributed by atoms with Crippen LogP contribution in [0.3, 0.4) is 0 Å². The Morgan fingerprint density at radius 2 is 2.10 bits per heavy atom. The number of likely N-dealkylation sites (tertiary alicyclic amines) is 1. The zero-order valence-electron chi connectivity index (χ0n) is 12.0. The molecule has 1 aromatic heterocycles. The van der Waals surface area contributed by atoms with E-state index in [0.717, 1.165) is 36.1 Å². The van der Waals surface area contributed by atoms with Crippen molar-refractivity contribution in [1.29, 1.82) is 0 Å². The lowest BCUT2D eigenvalue weighted by molar-refractivity contribution is -0.130. The van der Waals surface area contributed by atoms with Crippen LogP contribution in [-0.2, 0) is 11.2 Å². The van der Waals surface area contributed by atoms with Crippen molar-refractivity contribution in [2.45, 2.75) is 37.8 Å². The van der Waals surface area contributed by atoms with Crippen LogP contribution in [0.5, 0.6) is 0 Å². The summed E-state index contributed by atoms with van der Waals surface area (Å²) in [6.45, 7) is 1.72. The third-order valence-corrected chi connectivity index (χ3v) is 4.74. The van der Waals surface area contributed by atoms with Crippen LogP contribution in [0.2, 0.25) is 0 Å². The van der Waals surface area contributed by atoms with Gasteiger partial charge in [-0.1, -0.05) is 18.2 Å². The Morgan fingerprint density at radius 3 is 3.05 bits per heavy atom. The molecule has 1 aromatic carbocycles. The number of aromatic nitrogens is 2. The van der Waals surface area contributed by atoms with Gasteiger partial charge in [0.2, 0.25) is 5.91 Å². The van der Waals surface area contributed by atoms with Gasteiger partial charge in [-0.3, -0.25) is 9.89 Å². The van der Waals surface area contributed by atoms with Crippen molar-refractivity contribution in [3.63, 3.8) is 0 Å². The van der Waals surface area contributed by atoms with Gasteiger partial charge < -0.3 is 10.2 Å². The van der Waals surface area contributed by atoms with E-state index in [4.69, 9.17) is 0 Å². The van der Waals surface area contributed by atoms with Crippen LogP contribution in [0.15, 0.2) is 24.3 Å². The standard InChI is InChI=1S/C16H20N4O/c21-16(20-8-7-11-5-6-12(10-20)17-11)9-15-13-3-1-2-4-14(13)18-19-15/h1-4,11-12,17H,5-10H2,(H,18,19). The van der Waals surface area contributed by atoms with Crippen molar-refractivity contribution in [2.75, 3.05) is 13.1 Å². The highest BCUT2D eigenvalue weighted by Gasteiger charge is 2.31. The lowest BCUT2D eigenvalue weighted by atomic mass is 10.1. The number of carbonyl (C=O) groups excluding carboxylic acids is 1. The van der Waals surface area contributed by atoms with Crippen molar-refractivity contribution in [2.24, 2.45) is 0 Å². The highest BCUT2D eigenvalue weighted by Crippen LogP contribution is 2.22. The molecule has 0 aliphatic carbocycles. The fraction of sp³-hybridized carbons (Fsp3) is 0.500. The quantitative estimate of drug-likeness (QED) is 0.877. The van der Waals surface area contributed by atoms with Gasteiger partial charge >= 0.3 is 0 Å².